The molecule has 0 aromatic heterocycles. The highest BCUT2D eigenvalue weighted by atomic mass is 79.9. The third kappa shape index (κ3) is 5.12. The maximum absolute atomic E-state index is 12.6. The number of methoxy groups -OCH3 is 1. The number of likely N-dealkylation sites (tertiary alicyclic amines) is 1. The molecule has 2 aromatic rings. The maximum atomic E-state index is 12.6. The van der Waals surface area contributed by atoms with Gasteiger partial charge in [0.15, 0.2) is 0 Å². The number of β-amino-alcohol motifs (C(OH)–C–C–N with tert-alkyl or cyclic N) is 1. The van der Waals surface area contributed by atoms with E-state index in [9.17, 15) is 15.0 Å². The Morgan fingerprint density at radius 3 is 2.81 bits per heavy atom. The number of halogens is 1. The highest BCUT2D eigenvalue weighted by Crippen LogP contribution is 2.43. The molecule has 6 nitrogen and oxygen atoms in total. The predicted octanol–water partition coefficient (Wildman–Crippen LogP) is 3.79. The van der Waals surface area contributed by atoms with E-state index < -0.39 is 11.8 Å². The van der Waals surface area contributed by atoms with Crippen LogP contribution in [0.2, 0.25) is 0 Å². The molecule has 3 atom stereocenters. The van der Waals surface area contributed by atoms with Gasteiger partial charge < -0.3 is 20.3 Å². The van der Waals surface area contributed by atoms with Crippen molar-refractivity contribution in [1.29, 1.82) is 0 Å². The van der Waals surface area contributed by atoms with Crippen LogP contribution in [0.15, 0.2) is 46.9 Å². The van der Waals surface area contributed by atoms with E-state index in [0.29, 0.717) is 35.8 Å². The molecule has 0 bridgehead atoms. The van der Waals surface area contributed by atoms with Crippen LogP contribution >= 0.6 is 15.9 Å². The molecule has 1 amide bonds. The number of hydrogen-bond acceptors (Lipinski definition) is 5. The topological polar surface area (TPSA) is 82.0 Å². The summed E-state index contributed by atoms with van der Waals surface area (Å²) in [5, 5.41) is 25.0. The number of rotatable bonds is 7. The molecule has 1 aliphatic heterocycles. The number of carbonyl (C=O) groups is 1. The molecule has 7 heteroatoms. The van der Waals surface area contributed by atoms with Gasteiger partial charge in [0.25, 0.3) is 5.91 Å². The summed E-state index contributed by atoms with van der Waals surface area (Å²) in [5.74, 6) is 1.17. The van der Waals surface area contributed by atoms with E-state index in [0.717, 1.165) is 16.6 Å². The van der Waals surface area contributed by atoms with Gasteiger partial charge in [-0.15, -0.1) is 0 Å². The number of nitrogens with zero attached hydrogens (tertiary/aromatic N) is 1. The highest BCUT2D eigenvalue weighted by molar-refractivity contribution is 9.10. The van der Waals surface area contributed by atoms with Crippen LogP contribution in [0.4, 0.5) is 0 Å². The van der Waals surface area contributed by atoms with Crippen molar-refractivity contribution in [3.8, 4) is 5.75 Å². The minimum absolute atomic E-state index is 0.0803. The number of nitrogens with one attached hydrogen (secondary N) is 1. The number of amides is 1. The SMILES string of the molecule is COc1cc(C(O)N2C[C@](C)(O)C[C@@H]2c2cccc(C(=O)NCC3CC3)c2)ccc1Br. The zero-order chi connectivity index (χ0) is 22.2. The van der Waals surface area contributed by atoms with Crippen molar-refractivity contribution in [2.45, 2.75) is 44.1 Å². The number of hydrogen-bond donors (Lipinski definition) is 3. The van der Waals surface area contributed by atoms with Gasteiger partial charge in [0, 0.05) is 24.7 Å². The molecule has 1 saturated heterocycles. The molecule has 1 aliphatic carbocycles. The lowest BCUT2D eigenvalue weighted by atomic mass is 9.96. The molecule has 2 aliphatic rings. The van der Waals surface area contributed by atoms with Crippen LogP contribution in [-0.4, -0.2) is 46.8 Å². The molecular weight excluding hydrogens is 460 g/mol. The number of aliphatic hydroxyl groups is 2. The van der Waals surface area contributed by atoms with Crippen molar-refractivity contribution < 1.29 is 19.7 Å². The summed E-state index contributed by atoms with van der Waals surface area (Å²) in [6.45, 7) is 2.81. The monoisotopic (exact) mass is 488 g/mol. The van der Waals surface area contributed by atoms with Gasteiger partial charge in [-0.2, -0.15) is 0 Å². The van der Waals surface area contributed by atoms with Crippen molar-refractivity contribution in [3.63, 3.8) is 0 Å². The fraction of sp³-hybridized carbons (Fsp3) is 0.458. The molecule has 4 rings (SSSR count). The summed E-state index contributed by atoms with van der Waals surface area (Å²) in [7, 11) is 1.58. The van der Waals surface area contributed by atoms with Crippen molar-refractivity contribution >= 4 is 21.8 Å². The van der Waals surface area contributed by atoms with Crippen molar-refractivity contribution in [1.82, 2.24) is 10.2 Å². The van der Waals surface area contributed by atoms with E-state index >= 15 is 0 Å². The Kier molecular flexibility index (Phi) is 6.40. The number of ether oxygens (including phenoxy) is 1. The first-order valence-electron chi connectivity index (χ1n) is 10.7. The Bertz CT molecular complexity index is 960. The second-order valence-electron chi connectivity index (χ2n) is 8.94. The van der Waals surface area contributed by atoms with Crippen LogP contribution in [0.1, 0.15) is 59.9 Å². The minimum Gasteiger partial charge on any atom is -0.496 e. The molecule has 3 N–H and O–H groups in total. The lowest BCUT2D eigenvalue weighted by Crippen LogP contribution is -2.33. The normalized spacial score (nSPS) is 24.7. The van der Waals surface area contributed by atoms with Crippen LogP contribution in [0, 0.1) is 5.92 Å². The second-order valence-corrected chi connectivity index (χ2v) is 9.79. The largest absolute Gasteiger partial charge is 0.496 e. The average Bonchev–Trinajstić information content (AvgIpc) is 3.53. The first kappa shape index (κ1) is 22.3. The summed E-state index contributed by atoms with van der Waals surface area (Å²) in [6.07, 6.45) is 1.91. The molecule has 31 heavy (non-hydrogen) atoms. The van der Waals surface area contributed by atoms with Gasteiger partial charge >= 0.3 is 0 Å². The quantitative estimate of drug-likeness (QED) is 0.552. The number of aliphatic hydroxyl groups excluding tert-OH is 1. The summed E-state index contributed by atoms with van der Waals surface area (Å²) in [4.78, 5) is 14.4. The van der Waals surface area contributed by atoms with Gasteiger partial charge in [-0.25, -0.2) is 0 Å². The molecule has 2 fully saturated rings. The van der Waals surface area contributed by atoms with E-state index in [-0.39, 0.29) is 11.9 Å². The Morgan fingerprint density at radius 2 is 2.10 bits per heavy atom. The molecule has 0 spiro atoms. The van der Waals surface area contributed by atoms with Crippen LogP contribution in [0.5, 0.6) is 5.75 Å². The van der Waals surface area contributed by atoms with Crippen molar-refractivity contribution in [3.05, 3.63) is 63.6 Å². The lowest BCUT2D eigenvalue weighted by Gasteiger charge is -2.30. The molecule has 1 saturated carbocycles. The summed E-state index contributed by atoms with van der Waals surface area (Å²) >= 11 is 3.44. The Hall–Kier alpha value is -1.93. The highest BCUT2D eigenvalue weighted by Gasteiger charge is 2.43. The van der Waals surface area contributed by atoms with E-state index in [1.165, 1.54) is 12.8 Å². The average molecular weight is 489 g/mol. The molecule has 2 aromatic carbocycles. The van der Waals surface area contributed by atoms with Crippen LogP contribution in [0.3, 0.4) is 0 Å². The van der Waals surface area contributed by atoms with Gasteiger partial charge in [0.1, 0.15) is 12.0 Å². The molecule has 1 heterocycles. The molecule has 166 valence electrons. The molecule has 1 unspecified atom stereocenters. The Labute approximate surface area is 191 Å². The van der Waals surface area contributed by atoms with E-state index in [1.807, 2.05) is 35.2 Å². The first-order valence-corrected chi connectivity index (χ1v) is 11.4. The minimum atomic E-state index is -0.949. The number of benzene rings is 2. The van der Waals surface area contributed by atoms with E-state index in [1.54, 1.807) is 26.2 Å². The van der Waals surface area contributed by atoms with Gasteiger partial charge in [-0.3, -0.25) is 9.69 Å². The summed E-state index contributed by atoms with van der Waals surface area (Å²) in [6, 6.07) is 12.7. The molecule has 0 radical (unpaired) electrons. The van der Waals surface area contributed by atoms with Gasteiger partial charge in [0.05, 0.1) is 17.2 Å². The third-order valence-electron chi connectivity index (χ3n) is 6.13. The standard InChI is InChI=1S/C24H29BrN2O4/c1-24(30)12-20(16-4-3-5-17(10-16)22(28)26-13-15-6-7-15)27(14-24)23(29)18-8-9-19(25)21(11-18)31-2/h3-5,8-11,15,20,23,29-30H,6-7,12-14H2,1-2H3,(H,26,28)/t20-,23?,24-/m1/s1. The Morgan fingerprint density at radius 1 is 1.32 bits per heavy atom. The zero-order valence-electron chi connectivity index (χ0n) is 17.8. The second kappa shape index (κ2) is 8.90. The van der Waals surface area contributed by atoms with Crippen molar-refractivity contribution in [2.24, 2.45) is 5.92 Å². The Balaban J connectivity index is 1.58. The third-order valence-corrected chi connectivity index (χ3v) is 6.78. The summed E-state index contributed by atoms with van der Waals surface area (Å²) < 4.78 is 6.17. The molecular formula is C24H29BrN2O4. The van der Waals surface area contributed by atoms with Crippen LogP contribution in [0.25, 0.3) is 0 Å². The van der Waals surface area contributed by atoms with E-state index in [2.05, 4.69) is 21.2 Å². The van der Waals surface area contributed by atoms with Crippen LogP contribution in [-0.2, 0) is 0 Å². The van der Waals surface area contributed by atoms with Crippen molar-refractivity contribution in [2.75, 3.05) is 20.2 Å². The number of carbonyl (C=O) groups excluding carboxylic acids is 1. The van der Waals surface area contributed by atoms with Gasteiger partial charge in [0.2, 0.25) is 0 Å². The van der Waals surface area contributed by atoms with Gasteiger partial charge in [-0.1, -0.05) is 18.2 Å². The zero-order valence-corrected chi connectivity index (χ0v) is 19.4. The fourth-order valence-electron chi connectivity index (χ4n) is 4.24. The smallest absolute Gasteiger partial charge is 0.251 e. The van der Waals surface area contributed by atoms with Gasteiger partial charge in [-0.05, 0) is 83.4 Å². The fourth-order valence-corrected chi connectivity index (χ4v) is 4.65. The van der Waals surface area contributed by atoms with Crippen LogP contribution < -0.4 is 10.1 Å². The predicted molar refractivity (Wildman–Crippen MR) is 122 cm³/mol. The lowest BCUT2D eigenvalue weighted by molar-refractivity contribution is -0.0228. The first-order chi connectivity index (χ1) is 14.8. The van der Waals surface area contributed by atoms with E-state index in [4.69, 9.17) is 4.74 Å². The summed E-state index contributed by atoms with van der Waals surface area (Å²) in [5.41, 5.74) is 1.24. The maximum Gasteiger partial charge on any atom is 0.251 e.